The van der Waals surface area contributed by atoms with Crippen LogP contribution in [0.5, 0.6) is 0 Å². The van der Waals surface area contributed by atoms with Crippen molar-refractivity contribution in [3.05, 3.63) is 133 Å². The molecule has 0 N–H and O–H groups in total. The summed E-state index contributed by atoms with van der Waals surface area (Å²) < 4.78 is 17.3. The topological polar surface area (TPSA) is 55.0 Å². The number of nitriles is 1. The van der Waals surface area contributed by atoms with E-state index in [1.54, 1.807) is 0 Å². The summed E-state index contributed by atoms with van der Waals surface area (Å²) in [6.07, 6.45) is 0. The second-order valence-electron chi connectivity index (χ2n) is 10.5. The van der Waals surface area contributed by atoms with Crippen LogP contribution in [0.1, 0.15) is 5.56 Å². The van der Waals surface area contributed by atoms with E-state index in [2.05, 4.69) is 114 Å². The van der Waals surface area contributed by atoms with E-state index >= 15 is 0 Å². The Hall–Kier alpha value is -4.10. The molecule has 0 radical (unpaired) electrons. The van der Waals surface area contributed by atoms with Crippen LogP contribution in [0.2, 0.25) is 0 Å². The number of halogens is 3. The third-order valence-electron chi connectivity index (χ3n) is 7.87. The van der Waals surface area contributed by atoms with Gasteiger partial charge in [-0.15, -0.1) is 0 Å². The highest BCUT2D eigenvalue weighted by Gasteiger charge is 2.15. The van der Waals surface area contributed by atoms with Crippen LogP contribution in [0, 0.1) is 14.9 Å². The largest absolute Gasteiger partial charge is 0.456 e. The van der Waals surface area contributed by atoms with Gasteiger partial charge in [0.25, 0.3) is 0 Å². The maximum atomic E-state index is 9.34. The summed E-state index contributed by atoms with van der Waals surface area (Å²) in [4.78, 5) is 0. The molecule has 0 spiro atoms. The van der Waals surface area contributed by atoms with Crippen molar-refractivity contribution in [2.24, 2.45) is 0 Å². The Morgan fingerprint density at radius 3 is 1.80 bits per heavy atom. The standard InChI is InChI=1S/C25H13BrN2O.C12H6BrIO/c26-16-6-9-24-20(12-16)21-13-17(7-10-25(21)29-24)28-22-4-2-1-3-18(22)19-11-15(14-27)5-8-23(19)28;13-7-1-3-11-9(5-7)10-6-8(14)2-4-12(10)15-11/h1-13H;1-6H. The van der Waals surface area contributed by atoms with E-state index in [4.69, 9.17) is 8.83 Å². The molecule has 6 aromatic carbocycles. The monoisotopic (exact) mass is 808 g/mol. The van der Waals surface area contributed by atoms with Gasteiger partial charge in [0.1, 0.15) is 22.3 Å². The summed E-state index contributed by atoms with van der Waals surface area (Å²) in [5.41, 5.74) is 7.57. The van der Waals surface area contributed by atoms with E-state index in [0.29, 0.717) is 5.56 Å². The fraction of sp³-hybridized carbons (Fsp3) is 0. The number of para-hydroxylation sites is 1. The molecule has 0 unspecified atom stereocenters. The third kappa shape index (κ3) is 4.60. The Morgan fingerprint density at radius 2 is 1.11 bits per heavy atom. The molecule has 9 rings (SSSR count). The van der Waals surface area contributed by atoms with Crippen LogP contribution in [0.4, 0.5) is 0 Å². The molecular weight excluding hydrogens is 791 g/mol. The molecule has 4 nitrogen and oxygen atoms in total. The molecule has 0 aliphatic rings. The van der Waals surface area contributed by atoms with Gasteiger partial charge in [0, 0.05) is 50.5 Å². The Kier molecular flexibility index (Phi) is 6.74. The average molecular weight is 810 g/mol. The van der Waals surface area contributed by atoms with E-state index in [9.17, 15) is 5.26 Å². The van der Waals surface area contributed by atoms with E-state index in [0.717, 1.165) is 74.9 Å². The molecule has 7 heteroatoms. The summed E-state index contributed by atoms with van der Waals surface area (Å²) in [5.74, 6) is 0. The van der Waals surface area contributed by atoms with E-state index in [1.807, 2.05) is 66.7 Å². The van der Waals surface area contributed by atoms with Crippen molar-refractivity contribution in [1.29, 1.82) is 5.26 Å². The SMILES string of the molecule is Brc1ccc2oc3ccc(I)cc3c2c1.N#Cc1ccc2c(c1)c1ccccc1n2-c1ccc2oc3ccc(Br)cc3c2c1. The summed E-state index contributed by atoms with van der Waals surface area (Å²) in [6, 6.07) is 41.1. The Morgan fingerprint density at radius 1 is 0.545 bits per heavy atom. The first-order chi connectivity index (χ1) is 21.5. The molecule has 0 bridgehead atoms. The molecule has 0 saturated heterocycles. The van der Waals surface area contributed by atoms with Crippen LogP contribution in [0.25, 0.3) is 71.4 Å². The minimum atomic E-state index is 0.668. The summed E-state index contributed by atoms with van der Waals surface area (Å²) in [6.45, 7) is 0. The first-order valence-electron chi connectivity index (χ1n) is 13.8. The number of nitrogens with zero attached hydrogens (tertiary/aromatic N) is 2. The number of hydrogen-bond acceptors (Lipinski definition) is 3. The minimum absolute atomic E-state index is 0.668. The van der Waals surface area contributed by atoms with Gasteiger partial charge in [-0.05, 0) is 120 Å². The molecule has 9 aromatic rings. The minimum Gasteiger partial charge on any atom is -0.456 e. The van der Waals surface area contributed by atoms with Gasteiger partial charge in [0.15, 0.2) is 0 Å². The van der Waals surface area contributed by atoms with Crippen molar-refractivity contribution < 1.29 is 8.83 Å². The molecule has 210 valence electrons. The predicted molar refractivity (Wildman–Crippen MR) is 195 cm³/mol. The van der Waals surface area contributed by atoms with Crippen molar-refractivity contribution in [1.82, 2.24) is 4.57 Å². The molecule has 0 saturated carbocycles. The van der Waals surface area contributed by atoms with Crippen LogP contribution in [-0.4, -0.2) is 4.57 Å². The van der Waals surface area contributed by atoms with E-state index < -0.39 is 0 Å². The van der Waals surface area contributed by atoms with Gasteiger partial charge >= 0.3 is 0 Å². The summed E-state index contributed by atoms with van der Waals surface area (Å²) in [5, 5.41) is 16.1. The van der Waals surface area contributed by atoms with Gasteiger partial charge in [-0.3, -0.25) is 0 Å². The van der Waals surface area contributed by atoms with Gasteiger partial charge in [-0.25, -0.2) is 0 Å². The fourth-order valence-corrected chi connectivity index (χ4v) is 7.13. The summed E-state index contributed by atoms with van der Waals surface area (Å²) >= 11 is 9.36. The highest BCUT2D eigenvalue weighted by Crippen LogP contribution is 2.36. The van der Waals surface area contributed by atoms with Crippen molar-refractivity contribution in [3.8, 4) is 11.8 Å². The first kappa shape index (κ1) is 27.4. The lowest BCUT2D eigenvalue weighted by molar-refractivity contribution is 0.668. The maximum absolute atomic E-state index is 9.34. The van der Waals surface area contributed by atoms with E-state index in [1.165, 1.54) is 8.96 Å². The van der Waals surface area contributed by atoms with Crippen molar-refractivity contribution >= 4 is 120 Å². The first-order valence-corrected chi connectivity index (χ1v) is 16.5. The number of hydrogen-bond donors (Lipinski definition) is 0. The zero-order valence-corrected chi connectivity index (χ0v) is 28.1. The Bertz CT molecular complexity index is 2570. The molecule has 44 heavy (non-hydrogen) atoms. The third-order valence-corrected chi connectivity index (χ3v) is 9.53. The maximum Gasteiger partial charge on any atom is 0.135 e. The number of furan rings is 2. The highest BCUT2D eigenvalue weighted by atomic mass is 127. The summed E-state index contributed by atoms with van der Waals surface area (Å²) in [7, 11) is 0. The van der Waals surface area contributed by atoms with Crippen LogP contribution in [0.15, 0.2) is 133 Å². The van der Waals surface area contributed by atoms with Gasteiger partial charge in [-0.2, -0.15) is 5.26 Å². The quantitative estimate of drug-likeness (QED) is 0.155. The number of benzene rings is 6. The number of fused-ring (bicyclic) bond motifs is 9. The molecule has 0 amide bonds. The smallest absolute Gasteiger partial charge is 0.135 e. The zero-order valence-electron chi connectivity index (χ0n) is 22.8. The Labute approximate surface area is 281 Å². The van der Waals surface area contributed by atoms with Crippen molar-refractivity contribution in [3.63, 3.8) is 0 Å². The second-order valence-corrected chi connectivity index (χ2v) is 13.6. The van der Waals surface area contributed by atoms with Gasteiger partial charge in [-0.1, -0.05) is 50.1 Å². The van der Waals surface area contributed by atoms with Crippen molar-refractivity contribution in [2.75, 3.05) is 0 Å². The molecule has 3 aromatic heterocycles. The molecule has 0 atom stereocenters. The zero-order chi connectivity index (χ0) is 29.9. The fourth-order valence-electron chi connectivity index (χ4n) is 5.92. The predicted octanol–water partition coefficient (Wildman–Crippen LogP) is 12.3. The molecule has 0 aliphatic carbocycles. The van der Waals surface area contributed by atoms with Gasteiger partial charge in [0.05, 0.1) is 22.7 Å². The molecule has 0 aliphatic heterocycles. The van der Waals surface area contributed by atoms with Crippen LogP contribution < -0.4 is 0 Å². The highest BCUT2D eigenvalue weighted by molar-refractivity contribution is 14.1. The Balaban J connectivity index is 0.000000162. The lowest BCUT2D eigenvalue weighted by Crippen LogP contribution is -1.93. The van der Waals surface area contributed by atoms with Gasteiger partial charge < -0.3 is 13.4 Å². The number of rotatable bonds is 1. The molecular formula is C37H19Br2IN2O2. The lowest BCUT2D eigenvalue weighted by atomic mass is 10.1. The van der Waals surface area contributed by atoms with Gasteiger partial charge in [0.2, 0.25) is 0 Å². The van der Waals surface area contributed by atoms with Crippen LogP contribution in [-0.2, 0) is 0 Å². The molecule has 0 fully saturated rings. The normalized spacial score (nSPS) is 11.5. The van der Waals surface area contributed by atoms with E-state index in [-0.39, 0.29) is 0 Å². The van der Waals surface area contributed by atoms with Crippen LogP contribution in [0.3, 0.4) is 0 Å². The number of aromatic nitrogens is 1. The lowest BCUT2D eigenvalue weighted by Gasteiger charge is -2.08. The average Bonchev–Trinajstić information content (AvgIpc) is 3.69. The molecule has 3 heterocycles. The van der Waals surface area contributed by atoms with Crippen LogP contribution >= 0.6 is 54.5 Å². The second kappa shape index (κ2) is 10.8. The van der Waals surface area contributed by atoms with Crippen molar-refractivity contribution in [2.45, 2.75) is 0 Å².